The highest BCUT2D eigenvalue weighted by atomic mass is 16.5. The summed E-state index contributed by atoms with van der Waals surface area (Å²) >= 11 is 0. The summed E-state index contributed by atoms with van der Waals surface area (Å²) in [5.41, 5.74) is 2.32. The molecule has 0 aliphatic rings. The average Bonchev–Trinajstić information content (AvgIpc) is 2.86. The number of nitrogens with zero attached hydrogens (tertiary/aromatic N) is 1. The minimum Gasteiger partial charge on any atom is -0.389 e. The van der Waals surface area contributed by atoms with Crippen molar-refractivity contribution in [3.05, 3.63) is 48.5 Å². The summed E-state index contributed by atoms with van der Waals surface area (Å²) in [6.45, 7) is 6.00. The van der Waals surface area contributed by atoms with Crippen LogP contribution in [-0.4, -0.2) is 29.0 Å². The van der Waals surface area contributed by atoms with Crippen LogP contribution in [0.5, 0.6) is 0 Å². The Morgan fingerprint density at radius 3 is 2.09 bits per heavy atom. The molecular weight excluding hydrogens is 286 g/mol. The molecule has 0 saturated carbocycles. The van der Waals surface area contributed by atoms with Crippen LogP contribution in [0, 0.1) is 5.92 Å². The summed E-state index contributed by atoms with van der Waals surface area (Å²) in [4.78, 5) is 0. The van der Waals surface area contributed by atoms with Gasteiger partial charge in [0.1, 0.15) is 0 Å². The smallest absolute Gasteiger partial charge is 0.0952 e. The lowest BCUT2D eigenvalue weighted by Crippen LogP contribution is -2.22. The van der Waals surface area contributed by atoms with Gasteiger partial charge in [0.15, 0.2) is 0 Å². The maximum absolute atomic E-state index is 10.4. The van der Waals surface area contributed by atoms with Crippen molar-refractivity contribution in [3.8, 4) is 0 Å². The number of rotatable bonds is 7. The van der Waals surface area contributed by atoms with Gasteiger partial charge in [0.25, 0.3) is 0 Å². The Kier molecular flexibility index (Phi) is 4.99. The van der Waals surface area contributed by atoms with Crippen molar-refractivity contribution in [2.24, 2.45) is 5.92 Å². The van der Waals surface area contributed by atoms with E-state index in [9.17, 15) is 5.11 Å². The van der Waals surface area contributed by atoms with Crippen molar-refractivity contribution in [2.45, 2.75) is 32.9 Å². The first kappa shape index (κ1) is 16.0. The van der Waals surface area contributed by atoms with Gasteiger partial charge in [-0.3, -0.25) is 0 Å². The number of fused-ring (bicyclic) bond motifs is 3. The molecule has 3 aromatic rings. The van der Waals surface area contributed by atoms with E-state index >= 15 is 0 Å². The van der Waals surface area contributed by atoms with Gasteiger partial charge < -0.3 is 14.4 Å². The molecule has 3 rings (SSSR count). The third-order valence-corrected chi connectivity index (χ3v) is 4.22. The Morgan fingerprint density at radius 1 is 0.957 bits per heavy atom. The monoisotopic (exact) mass is 311 g/mol. The minimum atomic E-state index is -0.499. The zero-order chi connectivity index (χ0) is 16.2. The van der Waals surface area contributed by atoms with E-state index in [0.29, 0.717) is 25.7 Å². The molecule has 0 fully saturated rings. The topological polar surface area (TPSA) is 34.4 Å². The molecule has 0 aliphatic carbocycles. The van der Waals surface area contributed by atoms with E-state index in [2.05, 4.69) is 54.8 Å². The molecule has 1 aromatic heterocycles. The first-order valence-electron chi connectivity index (χ1n) is 8.38. The molecule has 23 heavy (non-hydrogen) atoms. The molecule has 1 heterocycles. The van der Waals surface area contributed by atoms with Gasteiger partial charge in [0, 0.05) is 28.4 Å². The third-order valence-electron chi connectivity index (χ3n) is 4.22. The lowest BCUT2D eigenvalue weighted by Gasteiger charge is -2.15. The summed E-state index contributed by atoms with van der Waals surface area (Å²) in [5.74, 6) is 0.629. The highest BCUT2D eigenvalue weighted by Crippen LogP contribution is 2.28. The molecule has 3 nitrogen and oxygen atoms in total. The Bertz CT molecular complexity index is 722. The van der Waals surface area contributed by atoms with Crippen molar-refractivity contribution < 1.29 is 9.84 Å². The number of ether oxygens (including phenoxy) is 1. The van der Waals surface area contributed by atoms with Crippen molar-refractivity contribution in [1.29, 1.82) is 0 Å². The molecule has 122 valence electrons. The molecule has 0 aliphatic heterocycles. The van der Waals surface area contributed by atoms with Gasteiger partial charge >= 0.3 is 0 Å². The molecular formula is C20H25NO2. The minimum absolute atomic E-state index is 0.382. The number of aromatic nitrogens is 1. The van der Waals surface area contributed by atoms with Crippen LogP contribution in [0.4, 0.5) is 0 Å². The summed E-state index contributed by atoms with van der Waals surface area (Å²) in [6, 6.07) is 16.7. The number of hydrogen-bond donors (Lipinski definition) is 1. The second kappa shape index (κ2) is 7.16. The molecule has 0 unspecified atom stereocenters. The van der Waals surface area contributed by atoms with E-state index < -0.39 is 6.10 Å². The summed E-state index contributed by atoms with van der Waals surface area (Å²) < 4.78 is 7.81. The van der Waals surface area contributed by atoms with Crippen LogP contribution < -0.4 is 0 Å². The molecule has 0 spiro atoms. The molecule has 3 heteroatoms. The lowest BCUT2D eigenvalue weighted by atomic mass is 10.1. The molecule has 2 aromatic carbocycles. The number of aliphatic hydroxyl groups is 1. The van der Waals surface area contributed by atoms with Crippen LogP contribution in [0.3, 0.4) is 0 Å². The number of aliphatic hydroxyl groups excluding tert-OH is 1. The Morgan fingerprint density at radius 2 is 1.52 bits per heavy atom. The maximum atomic E-state index is 10.4. The van der Waals surface area contributed by atoms with Crippen molar-refractivity contribution in [2.75, 3.05) is 13.2 Å². The van der Waals surface area contributed by atoms with Crippen molar-refractivity contribution in [3.63, 3.8) is 0 Å². The maximum Gasteiger partial charge on any atom is 0.0952 e. The fraction of sp³-hybridized carbons (Fsp3) is 0.400. The summed E-state index contributed by atoms with van der Waals surface area (Å²) in [5, 5.41) is 12.8. The number of para-hydroxylation sites is 2. The summed E-state index contributed by atoms with van der Waals surface area (Å²) in [7, 11) is 0. The number of hydrogen-bond acceptors (Lipinski definition) is 2. The Balaban J connectivity index is 1.79. The van der Waals surface area contributed by atoms with Gasteiger partial charge in [0.05, 0.1) is 19.3 Å². The molecule has 1 atom stereocenters. The van der Waals surface area contributed by atoms with Gasteiger partial charge in [-0.15, -0.1) is 0 Å². The van der Waals surface area contributed by atoms with Crippen LogP contribution in [0.2, 0.25) is 0 Å². The zero-order valence-corrected chi connectivity index (χ0v) is 13.9. The third kappa shape index (κ3) is 3.57. The van der Waals surface area contributed by atoms with E-state index in [1.54, 1.807) is 0 Å². The van der Waals surface area contributed by atoms with Gasteiger partial charge in [0.2, 0.25) is 0 Å². The molecule has 0 bridgehead atoms. The second-order valence-electron chi connectivity index (χ2n) is 6.56. The van der Waals surface area contributed by atoms with E-state index in [4.69, 9.17) is 4.74 Å². The molecule has 1 N–H and O–H groups in total. The average molecular weight is 311 g/mol. The zero-order valence-electron chi connectivity index (χ0n) is 13.9. The van der Waals surface area contributed by atoms with Crippen LogP contribution in [0.25, 0.3) is 21.8 Å². The van der Waals surface area contributed by atoms with Crippen LogP contribution in [0.15, 0.2) is 48.5 Å². The number of benzene rings is 2. The van der Waals surface area contributed by atoms with Crippen LogP contribution in [0.1, 0.15) is 20.3 Å². The molecule has 0 saturated heterocycles. The highest BCUT2D eigenvalue weighted by Gasteiger charge is 2.13. The van der Waals surface area contributed by atoms with E-state index in [1.807, 2.05) is 12.1 Å². The van der Waals surface area contributed by atoms with E-state index in [-0.39, 0.29) is 0 Å². The predicted octanol–water partition coefficient (Wildman–Crippen LogP) is 4.22. The SMILES string of the molecule is CC(C)CCOC[C@H](O)Cn1c2ccccc2c2ccccc21. The molecule has 0 amide bonds. The highest BCUT2D eigenvalue weighted by molar-refractivity contribution is 6.07. The van der Waals surface area contributed by atoms with Crippen molar-refractivity contribution >= 4 is 21.8 Å². The van der Waals surface area contributed by atoms with E-state index in [1.165, 1.54) is 10.8 Å². The lowest BCUT2D eigenvalue weighted by molar-refractivity contribution is 0.0255. The van der Waals surface area contributed by atoms with Crippen molar-refractivity contribution in [1.82, 2.24) is 4.57 Å². The van der Waals surface area contributed by atoms with E-state index in [0.717, 1.165) is 17.5 Å². The predicted molar refractivity (Wildman–Crippen MR) is 95.7 cm³/mol. The Labute approximate surface area is 137 Å². The first-order chi connectivity index (χ1) is 11.2. The standard InChI is InChI=1S/C20H25NO2/c1-15(2)11-12-23-14-16(22)13-21-19-9-5-3-7-17(19)18-8-4-6-10-20(18)21/h3-10,15-16,22H,11-14H2,1-2H3/t16-/m1/s1. The van der Waals surface area contributed by atoms with Crippen LogP contribution >= 0.6 is 0 Å². The normalized spacial score (nSPS) is 13.2. The summed E-state index contributed by atoms with van der Waals surface area (Å²) in [6.07, 6.45) is 0.531. The Hall–Kier alpha value is -1.84. The fourth-order valence-electron chi connectivity index (χ4n) is 3.00. The largest absolute Gasteiger partial charge is 0.389 e. The molecule has 0 radical (unpaired) electrons. The van der Waals surface area contributed by atoms with Gasteiger partial charge in [-0.25, -0.2) is 0 Å². The van der Waals surface area contributed by atoms with Gasteiger partial charge in [-0.05, 0) is 24.5 Å². The van der Waals surface area contributed by atoms with Gasteiger partial charge in [-0.1, -0.05) is 50.2 Å². The van der Waals surface area contributed by atoms with Crippen LogP contribution in [-0.2, 0) is 11.3 Å². The fourth-order valence-corrected chi connectivity index (χ4v) is 3.00. The second-order valence-corrected chi connectivity index (χ2v) is 6.56. The first-order valence-corrected chi connectivity index (χ1v) is 8.38. The quantitative estimate of drug-likeness (QED) is 0.663. The van der Waals surface area contributed by atoms with Gasteiger partial charge in [-0.2, -0.15) is 0 Å².